The number of carbonyl (C=O) groups excluding carboxylic acids is 2. The molecule has 0 radical (unpaired) electrons. The topological polar surface area (TPSA) is 148 Å². The number of nitrogens with one attached hydrogen (secondary N) is 3. The first kappa shape index (κ1) is 32.3. The highest BCUT2D eigenvalue weighted by atomic mass is 19.4. The van der Waals surface area contributed by atoms with Gasteiger partial charge in [0.1, 0.15) is 5.54 Å². The summed E-state index contributed by atoms with van der Waals surface area (Å²) in [5.41, 5.74) is 0.318. The van der Waals surface area contributed by atoms with Gasteiger partial charge < -0.3 is 25.7 Å². The van der Waals surface area contributed by atoms with Crippen LogP contribution in [0.1, 0.15) is 23.2 Å². The van der Waals surface area contributed by atoms with Gasteiger partial charge in [0.05, 0.1) is 6.67 Å². The highest BCUT2D eigenvalue weighted by Crippen LogP contribution is 2.24. The average Bonchev–Trinajstić information content (AvgIpc) is 3.23. The fraction of sp³-hybridized carbons (Fsp3) is 0.417. The highest BCUT2D eigenvalue weighted by molar-refractivity contribution is 5.98. The molecule has 4 rings (SSSR count). The molecule has 0 saturated carbocycles. The predicted octanol–water partition coefficient (Wildman–Crippen LogP) is 2.35. The molecule has 2 amide bonds. The van der Waals surface area contributed by atoms with Crippen molar-refractivity contribution >= 4 is 34.5 Å². The number of likely N-dealkylation sites (tertiary alicyclic amines) is 1. The van der Waals surface area contributed by atoms with Gasteiger partial charge in [-0.15, -0.1) is 0 Å². The zero-order chi connectivity index (χ0) is 30.1. The summed E-state index contributed by atoms with van der Waals surface area (Å²) in [7, 11) is 0. The van der Waals surface area contributed by atoms with Crippen molar-refractivity contribution in [1.82, 2.24) is 20.9 Å². The third-order valence-electron chi connectivity index (χ3n) is 6.03. The summed E-state index contributed by atoms with van der Waals surface area (Å²) < 4.78 is 63.5. The minimum atomic E-state index is -5.08. The summed E-state index contributed by atoms with van der Waals surface area (Å²) in [6.45, 7) is 3.72. The van der Waals surface area contributed by atoms with Crippen molar-refractivity contribution in [1.29, 1.82) is 0 Å². The molecule has 10 nitrogen and oxygen atoms in total. The second-order valence-corrected chi connectivity index (χ2v) is 8.71. The maximum atomic E-state index is 12.4. The zero-order valence-corrected chi connectivity index (χ0v) is 20.7. The minimum Gasteiger partial charge on any atom is -0.475 e. The van der Waals surface area contributed by atoms with Gasteiger partial charge in [0.25, 0.3) is 5.91 Å². The number of nitrogens with zero attached hydrogens (tertiary/aromatic N) is 1. The summed E-state index contributed by atoms with van der Waals surface area (Å²) in [6.07, 6.45) is -8.53. The molecule has 16 heteroatoms. The van der Waals surface area contributed by atoms with E-state index in [1.807, 2.05) is 42.5 Å². The molecule has 0 atom stereocenters. The Balaban J connectivity index is 0.000000333. The van der Waals surface area contributed by atoms with Crippen LogP contribution in [0.2, 0.25) is 0 Å². The number of amides is 2. The zero-order valence-electron chi connectivity index (χ0n) is 20.7. The van der Waals surface area contributed by atoms with Crippen LogP contribution in [0, 0.1) is 0 Å². The molecule has 0 bridgehead atoms. The molecule has 40 heavy (non-hydrogen) atoms. The molecular weight excluding hydrogens is 554 g/mol. The van der Waals surface area contributed by atoms with E-state index in [9.17, 15) is 35.9 Å². The van der Waals surface area contributed by atoms with Crippen LogP contribution in [0.15, 0.2) is 42.5 Å². The average molecular weight is 580 g/mol. The molecule has 0 aromatic heterocycles. The maximum Gasteiger partial charge on any atom is 0.490 e. The third-order valence-corrected chi connectivity index (χ3v) is 6.03. The second kappa shape index (κ2) is 13.4. The van der Waals surface area contributed by atoms with Crippen molar-refractivity contribution in [3.63, 3.8) is 0 Å². The molecule has 2 aromatic carbocycles. The van der Waals surface area contributed by atoms with Gasteiger partial charge in [-0.2, -0.15) is 26.3 Å². The lowest BCUT2D eigenvalue weighted by Gasteiger charge is -2.37. The van der Waals surface area contributed by atoms with E-state index in [0.717, 1.165) is 43.2 Å². The van der Waals surface area contributed by atoms with Crippen molar-refractivity contribution < 1.29 is 55.7 Å². The largest absolute Gasteiger partial charge is 0.490 e. The Morgan fingerprint density at radius 1 is 0.900 bits per heavy atom. The summed E-state index contributed by atoms with van der Waals surface area (Å²) in [6, 6.07) is 13.8. The van der Waals surface area contributed by atoms with E-state index in [2.05, 4.69) is 20.9 Å². The Morgan fingerprint density at radius 3 is 1.90 bits per heavy atom. The fourth-order valence-electron chi connectivity index (χ4n) is 3.87. The molecular formula is C24H26F6N4O6. The van der Waals surface area contributed by atoms with E-state index in [1.165, 1.54) is 0 Å². The van der Waals surface area contributed by atoms with Crippen molar-refractivity contribution in [2.75, 3.05) is 32.8 Å². The number of piperidine rings is 1. The molecule has 5 N–H and O–H groups in total. The lowest BCUT2D eigenvalue weighted by Crippen LogP contribution is -2.55. The van der Waals surface area contributed by atoms with E-state index >= 15 is 0 Å². The molecule has 220 valence electrons. The summed E-state index contributed by atoms with van der Waals surface area (Å²) in [5, 5.41) is 25.6. The Morgan fingerprint density at radius 2 is 1.43 bits per heavy atom. The number of carbonyl (C=O) groups is 4. The Labute approximate surface area is 223 Å². The number of halogens is 6. The molecule has 2 fully saturated rings. The van der Waals surface area contributed by atoms with Gasteiger partial charge in [-0.3, -0.25) is 14.9 Å². The van der Waals surface area contributed by atoms with Gasteiger partial charge in [-0.25, -0.2) is 9.59 Å². The highest BCUT2D eigenvalue weighted by Gasteiger charge is 2.44. The Bertz CT molecular complexity index is 1190. The quantitative estimate of drug-likeness (QED) is 0.347. The van der Waals surface area contributed by atoms with E-state index in [4.69, 9.17) is 19.8 Å². The number of aliphatic carboxylic acids is 2. The Hall–Kier alpha value is -3.92. The molecule has 2 saturated heterocycles. The minimum absolute atomic E-state index is 0.0407. The fourth-order valence-corrected chi connectivity index (χ4v) is 3.87. The van der Waals surface area contributed by atoms with Gasteiger partial charge >= 0.3 is 24.3 Å². The molecule has 2 aromatic rings. The van der Waals surface area contributed by atoms with E-state index in [-0.39, 0.29) is 17.4 Å². The first-order valence-corrected chi connectivity index (χ1v) is 11.7. The second-order valence-electron chi connectivity index (χ2n) is 8.71. The van der Waals surface area contributed by atoms with Gasteiger partial charge in [0.2, 0.25) is 5.91 Å². The van der Waals surface area contributed by atoms with Gasteiger partial charge in [0, 0.05) is 31.7 Å². The van der Waals surface area contributed by atoms with Gasteiger partial charge in [-0.05, 0) is 35.7 Å². The molecule has 0 aliphatic carbocycles. The maximum absolute atomic E-state index is 12.4. The monoisotopic (exact) mass is 580 g/mol. The number of fused-ring (bicyclic) bond motifs is 1. The molecule has 2 aliphatic rings. The molecule has 0 unspecified atom stereocenters. The number of alkyl halides is 6. The summed E-state index contributed by atoms with van der Waals surface area (Å²) >= 11 is 0. The number of benzene rings is 2. The molecule has 1 spiro atoms. The molecule has 2 heterocycles. The summed E-state index contributed by atoms with van der Waals surface area (Å²) in [5.74, 6) is -5.43. The van der Waals surface area contributed by atoms with Crippen LogP contribution in [0.3, 0.4) is 0 Å². The van der Waals surface area contributed by atoms with E-state index in [1.54, 1.807) is 0 Å². The van der Waals surface area contributed by atoms with Crippen molar-refractivity contribution in [3.05, 3.63) is 48.0 Å². The van der Waals surface area contributed by atoms with Crippen LogP contribution in [0.25, 0.3) is 10.8 Å². The third kappa shape index (κ3) is 9.37. The van der Waals surface area contributed by atoms with Crippen LogP contribution in [-0.4, -0.2) is 89.6 Å². The standard InChI is InChI=1S/C20H24N4O2.2C2HF3O2/c25-18(17-6-5-15-3-1-2-4-16(15)13-17)21-9-12-24-10-7-20(8-11-24)19(26)22-14-23-20;2*3-2(4,5)1(6)7/h1-6,13,23H,7-12,14H2,(H,21,25)(H,22,26);2*(H,6,7). The van der Waals surface area contributed by atoms with E-state index in [0.29, 0.717) is 18.8 Å². The van der Waals surface area contributed by atoms with Crippen LogP contribution >= 0.6 is 0 Å². The predicted molar refractivity (Wildman–Crippen MR) is 128 cm³/mol. The van der Waals surface area contributed by atoms with Crippen molar-refractivity contribution in [2.45, 2.75) is 30.7 Å². The number of rotatable bonds is 4. The Kier molecular flexibility index (Phi) is 10.8. The van der Waals surface area contributed by atoms with Crippen LogP contribution in [0.5, 0.6) is 0 Å². The van der Waals surface area contributed by atoms with Gasteiger partial charge in [-0.1, -0.05) is 30.3 Å². The lowest BCUT2D eigenvalue weighted by atomic mass is 9.88. The molecule has 2 aliphatic heterocycles. The first-order chi connectivity index (χ1) is 18.5. The smallest absolute Gasteiger partial charge is 0.475 e. The van der Waals surface area contributed by atoms with Crippen LogP contribution in [-0.2, 0) is 14.4 Å². The van der Waals surface area contributed by atoms with Gasteiger partial charge in [0.15, 0.2) is 0 Å². The lowest BCUT2D eigenvalue weighted by molar-refractivity contribution is -0.193. The van der Waals surface area contributed by atoms with Crippen LogP contribution in [0.4, 0.5) is 26.3 Å². The number of carboxylic acid groups (broad SMARTS) is 2. The SMILES string of the molecule is O=C(NCCN1CCC2(CC1)NCNC2=O)c1ccc2ccccc2c1.O=C(O)C(F)(F)F.O=C(O)C(F)(F)F. The van der Waals surface area contributed by atoms with E-state index < -0.39 is 24.3 Å². The van der Waals surface area contributed by atoms with Crippen molar-refractivity contribution in [2.24, 2.45) is 0 Å². The first-order valence-electron chi connectivity index (χ1n) is 11.7. The number of carboxylic acids is 2. The van der Waals surface area contributed by atoms with Crippen molar-refractivity contribution in [3.8, 4) is 0 Å². The number of hydrogen-bond donors (Lipinski definition) is 5. The van der Waals surface area contributed by atoms with Crippen LogP contribution < -0.4 is 16.0 Å². The normalized spacial score (nSPS) is 16.7. The number of hydrogen-bond acceptors (Lipinski definition) is 6. The summed E-state index contributed by atoms with van der Waals surface area (Å²) in [4.78, 5) is 44.4.